The molecule has 0 bridgehead atoms. The standard InChI is InChI=1S/C14H27ClN2O2S/c1-14(2)7-5-9-16(11-8-14)20(18,19)17-10-4-3-6-13(17)12-15/h13H,3-12H2,1-2H3. The first kappa shape index (κ1) is 16.5. The van der Waals surface area contributed by atoms with Crippen molar-refractivity contribution >= 4 is 21.8 Å². The van der Waals surface area contributed by atoms with E-state index in [0.717, 1.165) is 38.5 Å². The number of alkyl halides is 1. The maximum atomic E-state index is 12.9. The summed E-state index contributed by atoms with van der Waals surface area (Å²) >= 11 is 5.97. The molecule has 6 heteroatoms. The molecular formula is C14H27ClN2O2S. The third-order valence-corrected chi connectivity index (χ3v) is 7.12. The lowest BCUT2D eigenvalue weighted by molar-refractivity contribution is 0.245. The molecule has 118 valence electrons. The van der Waals surface area contributed by atoms with Gasteiger partial charge in [-0.25, -0.2) is 0 Å². The predicted octanol–water partition coefficient (Wildman–Crippen LogP) is 2.84. The smallest absolute Gasteiger partial charge is 0.195 e. The van der Waals surface area contributed by atoms with Gasteiger partial charge < -0.3 is 0 Å². The summed E-state index contributed by atoms with van der Waals surface area (Å²) in [6, 6.07) is -0.0216. The van der Waals surface area contributed by atoms with Crippen molar-refractivity contribution in [1.82, 2.24) is 8.61 Å². The number of hydrogen-bond donors (Lipinski definition) is 0. The van der Waals surface area contributed by atoms with Gasteiger partial charge in [0, 0.05) is 31.6 Å². The first-order valence-electron chi connectivity index (χ1n) is 7.70. The summed E-state index contributed by atoms with van der Waals surface area (Å²) in [7, 11) is -3.34. The predicted molar refractivity (Wildman–Crippen MR) is 83.2 cm³/mol. The molecule has 4 nitrogen and oxygen atoms in total. The van der Waals surface area contributed by atoms with Gasteiger partial charge in [-0.2, -0.15) is 17.0 Å². The van der Waals surface area contributed by atoms with E-state index in [1.165, 1.54) is 0 Å². The fourth-order valence-corrected chi connectivity index (χ4v) is 5.51. The Hall–Kier alpha value is 0.160. The minimum absolute atomic E-state index is 0.0216. The van der Waals surface area contributed by atoms with E-state index in [-0.39, 0.29) is 11.5 Å². The van der Waals surface area contributed by atoms with Crippen molar-refractivity contribution in [3.05, 3.63) is 0 Å². The average Bonchev–Trinajstić information content (AvgIpc) is 2.60. The van der Waals surface area contributed by atoms with E-state index < -0.39 is 10.2 Å². The molecule has 0 saturated carbocycles. The molecule has 2 fully saturated rings. The Kier molecular flexibility index (Phi) is 5.38. The topological polar surface area (TPSA) is 40.6 Å². The van der Waals surface area contributed by atoms with Crippen LogP contribution in [0, 0.1) is 5.41 Å². The van der Waals surface area contributed by atoms with Crippen molar-refractivity contribution in [2.75, 3.05) is 25.5 Å². The zero-order valence-electron chi connectivity index (χ0n) is 12.6. The second-order valence-corrected chi connectivity index (χ2v) is 9.03. The molecule has 0 aromatic carbocycles. The lowest BCUT2D eigenvalue weighted by atomic mass is 9.85. The summed E-state index contributed by atoms with van der Waals surface area (Å²) in [5.74, 6) is 0.401. The first-order valence-corrected chi connectivity index (χ1v) is 9.63. The fourth-order valence-electron chi connectivity index (χ4n) is 3.21. The van der Waals surface area contributed by atoms with Gasteiger partial charge in [-0.15, -0.1) is 11.6 Å². The molecule has 0 spiro atoms. The van der Waals surface area contributed by atoms with Gasteiger partial charge in [-0.05, 0) is 37.5 Å². The van der Waals surface area contributed by atoms with Gasteiger partial charge in [0.15, 0.2) is 0 Å². The molecule has 1 atom stereocenters. The highest BCUT2D eigenvalue weighted by atomic mass is 35.5. The van der Waals surface area contributed by atoms with Crippen LogP contribution in [0.15, 0.2) is 0 Å². The Morgan fingerprint density at radius 1 is 1.10 bits per heavy atom. The van der Waals surface area contributed by atoms with Gasteiger partial charge in [-0.1, -0.05) is 20.3 Å². The minimum Gasteiger partial charge on any atom is -0.195 e. The van der Waals surface area contributed by atoms with Crippen LogP contribution in [0.2, 0.25) is 0 Å². The third-order valence-electron chi connectivity index (χ3n) is 4.67. The van der Waals surface area contributed by atoms with Gasteiger partial charge in [0.05, 0.1) is 0 Å². The van der Waals surface area contributed by atoms with E-state index >= 15 is 0 Å². The Bertz CT molecular complexity index is 425. The van der Waals surface area contributed by atoms with E-state index in [9.17, 15) is 8.42 Å². The minimum atomic E-state index is -3.34. The zero-order valence-corrected chi connectivity index (χ0v) is 14.2. The quantitative estimate of drug-likeness (QED) is 0.750. The number of hydrogen-bond acceptors (Lipinski definition) is 2. The Morgan fingerprint density at radius 2 is 1.85 bits per heavy atom. The lowest BCUT2D eigenvalue weighted by Gasteiger charge is -2.37. The van der Waals surface area contributed by atoms with Crippen LogP contribution in [-0.4, -0.2) is 48.6 Å². The van der Waals surface area contributed by atoms with E-state index in [4.69, 9.17) is 11.6 Å². The van der Waals surface area contributed by atoms with E-state index in [1.54, 1.807) is 8.61 Å². The van der Waals surface area contributed by atoms with Crippen LogP contribution < -0.4 is 0 Å². The Balaban J connectivity index is 2.12. The molecule has 1 unspecified atom stereocenters. The normalized spacial score (nSPS) is 30.1. The molecule has 2 aliphatic rings. The van der Waals surface area contributed by atoms with Gasteiger partial charge in [0.1, 0.15) is 0 Å². The molecule has 0 aromatic heterocycles. The summed E-state index contributed by atoms with van der Waals surface area (Å²) in [6.45, 7) is 6.37. The average molecular weight is 323 g/mol. The highest BCUT2D eigenvalue weighted by molar-refractivity contribution is 7.86. The second-order valence-electron chi connectivity index (χ2n) is 6.84. The maximum absolute atomic E-state index is 12.9. The van der Waals surface area contributed by atoms with Crippen LogP contribution in [0.1, 0.15) is 52.4 Å². The van der Waals surface area contributed by atoms with Crippen LogP contribution in [0.4, 0.5) is 0 Å². The summed E-state index contributed by atoms with van der Waals surface area (Å²) in [5.41, 5.74) is 0.248. The van der Waals surface area contributed by atoms with Crippen molar-refractivity contribution < 1.29 is 8.42 Å². The third kappa shape index (κ3) is 3.67. The van der Waals surface area contributed by atoms with Crippen LogP contribution >= 0.6 is 11.6 Å². The molecule has 2 heterocycles. The molecule has 0 aliphatic carbocycles. The molecular weight excluding hydrogens is 296 g/mol. The number of rotatable bonds is 3. The van der Waals surface area contributed by atoms with Crippen molar-refractivity contribution in [3.8, 4) is 0 Å². The Morgan fingerprint density at radius 3 is 2.55 bits per heavy atom. The monoisotopic (exact) mass is 322 g/mol. The molecule has 2 rings (SSSR count). The highest BCUT2D eigenvalue weighted by Crippen LogP contribution is 2.32. The van der Waals surface area contributed by atoms with Gasteiger partial charge >= 0.3 is 0 Å². The van der Waals surface area contributed by atoms with Gasteiger partial charge in [-0.3, -0.25) is 0 Å². The number of piperidine rings is 1. The molecule has 20 heavy (non-hydrogen) atoms. The summed E-state index contributed by atoms with van der Waals surface area (Å²) in [5, 5.41) is 0. The van der Waals surface area contributed by atoms with E-state index in [1.807, 2.05) is 0 Å². The molecule has 0 aromatic rings. The van der Waals surface area contributed by atoms with Crippen LogP contribution in [0.25, 0.3) is 0 Å². The summed E-state index contributed by atoms with van der Waals surface area (Å²) in [4.78, 5) is 0. The van der Waals surface area contributed by atoms with Crippen molar-refractivity contribution in [2.45, 2.75) is 58.4 Å². The summed E-state index contributed by atoms with van der Waals surface area (Å²) < 4.78 is 29.1. The maximum Gasteiger partial charge on any atom is 0.282 e. The number of halogens is 1. The van der Waals surface area contributed by atoms with Crippen molar-refractivity contribution in [3.63, 3.8) is 0 Å². The van der Waals surface area contributed by atoms with Gasteiger partial charge in [0.2, 0.25) is 0 Å². The Labute approximate surface area is 128 Å². The second kappa shape index (κ2) is 6.51. The number of nitrogens with zero attached hydrogens (tertiary/aromatic N) is 2. The molecule has 0 N–H and O–H groups in total. The van der Waals surface area contributed by atoms with Crippen LogP contribution in [0.3, 0.4) is 0 Å². The van der Waals surface area contributed by atoms with Crippen LogP contribution in [0.5, 0.6) is 0 Å². The van der Waals surface area contributed by atoms with Crippen molar-refractivity contribution in [2.24, 2.45) is 5.41 Å². The molecule has 2 aliphatic heterocycles. The first-order chi connectivity index (χ1) is 9.37. The van der Waals surface area contributed by atoms with Crippen molar-refractivity contribution in [1.29, 1.82) is 0 Å². The fraction of sp³-hybridized carbons (Fsp3) is 1.00. The molecule has 0 amide bonds. The highest BCUT2D eigenvalue weighted by Gasteiger charge is 2.37. The van der Waals surface area contributed by atoms with E-state index in [2.05, 4.69) is 13.8 Å². The zero-order chi connectivity index (χ0) is 14.8. The molecule has 0 radical (unpaired) electrons. The largest absolute Gasteiger partial charge is 0.282 e. The van der Waals surface area contributed by atoms with Gasteiger partial charge in [0.25, 0.3) is 10.2 Å². The van der Waals surface area contributed by atoms with E-state index in [0.29, 0.717) is 25.5 Å². The summed E-state index contributed by atoms with van der Waals surface area (Å²) in [6.07, 6.45) is 5.90. The lowest BCUT2D eigenvalue weighted by Crippen LogP contribution is -2.51. The SMILES string of the molecule is CC1(C)CCCN(S(=O)(=O)N2CCCCC2CCl)CC1. The van der Waals surface area contributed by atoms with Crippen LogP contribution in [-0.2, 0) is 10.2 Å². The molecule has 2 saturated heterocycles.